The van der Waals surface area contributed by atoms with E-state index in [1.54, 1.807) is 0 Å². The molecule has 2 aromatic rings. The quantitative estimate of drug-likeness (QED) is 0.202. The summed E-state index contributed by atoms with van der Waals surface area (Å²) in [5.41, 5.74) is 10.1. The zero-order chi connectivity index (χ0) is 35.3. The molecule has 2 rings (SSSR count). The molecule has 0 unspecified atom stereocenters. The first-order valence-corrected chi connectivity index (χ1v) is 17.3. The van der Waals surface area contributed by atoms with Crippen molar-refractivity contribution in [2.45, 2.75) is 156 Å². The van der Waals surface area contributed by atoms with Gasteiger partial charge in [-0.05, 0) is 87.3 Å². The summed E-state index contributed by atoms with van der Waals surface area (Å²) in [6, 6.07) is 8.06. The Labute approximate surface area is 280 Å². The van der Waals surface area contributed by atoms with E-state index in [9.17, 15) is 19.8 Å². The molecule has 6 nitrogen and oxygen atoms in total. The number of unbranched alkanes of at least 4 members (excludes halogenated alkanes) is 3. The lowest BCUT2D eigenvalue weighted by molar-refractivity contribution is -0.144. The first-order valence-electron chi connectivity index (χ1n) is 17.3. The van der Waals surface area contributed by atoms with Crippen molar-refractivity contribution in [1.29, 1.82) is 0 Å². The summed E-state index contributed by atoms with van der Waals surface area (Å²) >= 11 is 0. The number of phenolic OH excluding ortho intramolecular Hbond substituents is 2. The van der Waals surface area contributed by atoms with Gasteiger partial charge in [-0.3, -0.25) is 14.5 Å². The van der Waals surface area contributed by atoms with E-state index in [-0.39, 0.29) is 46.3 Å². The third-order valence-corrected chi connectivity index (χ3v) is 8.76. The second-order valence-corrected chi connectivity index (χ2v) is 17.2. The molecule has 2 aromatic carbocycles. The summed E-state index contributed by atoms with van der Waals surface area (Å²) in [5, 5.41) is 22.3. The number of carbonyl (C=O) groups excluding carboxylic acids is 2. The van der Waals surface area contributed by atoms with Crippen LogP contribution in [0.1, 0.15) is 155 Å². The molecule has 0 aliphatic heterocycles. The van der Waals surface area contributed by atoms with Gasteiger partial charge in [0.1, 0.15) is 11.5 Å². The van der Waals surface area contributed by atoms with Gasteiger partial charge in [0.25, 0.3) is 0 Å². The number of carbonyl (C=O) groups is 2. The molecule has 0 saturated carbocycles. The van der Waals surface area contributed by atoms with Crippen LogP contribution in [0.15, 0.2) is 24.3 Å². The van der Waals surface area contributed by atoms with Crippen LogP contribution in [0.5, 0.6) is 11.5 Å². The molecule has 0 aliphatic carbocycles. The van der Waals surface area contributed by atoms with Gasteiger partial charge in [-0.15, -0.1) is 0 Å². The number of rotatable bonds is 12. The number of hydrogen-bond acceptors (Lipinski definition) is 5. The van der Waals surface area contributed by atoms with Crippen molar-refractivity contribution in [3.05, 3.63) is 57.6 Å². The predicted octanol–water partition coefficient (Wildman–Crippen LogP) is 8.73. The van der Waals surface area contributed by atoms with Crippen LogP contribution in [0.25, 0.3) is 0 Å². The second kappa shape index (κ2) is 15.4. The fourth-order valence-corrected chi connectivity index (χ4v) is 5.89. The summed E-state index contributed by atoms with van der Waals surface area (Å²) in [6.45, 7) is 26.0. The molecule has 2 amide bonds. The van der Waals surface area contributed by atoms with Crippen molar-refractivity contribution in [3.8, 4) is 11.5 Å². The lowest BCUT2D eigenvalue weighted by Crippen LogP contribution is -2.38. The SMILES string of the molecule is CC(C)(C)c1cc(CCC(=O)N(CCCCCCN)C(=O)CCc2cc(C(C)(C)C)c(O)c(C(C)(C)C)c2)cc(C(C)(C)C)c1O. The highest BCUT2D eigenvalue weighted by Gasteiger charge is 2.29. The summed E-state index contributed by atoms with van der Waals surface area (Å²) in [4.78, 5) is 28.9. The van der Waals surface area contributed by atoms with Gasteiger partial charge < -0.3 is 15.9 Å². The van der Waals surface area contributed by atoms with Crippen LogP contribution < -0.4 is 5.73 Å². The third kappa shape index (κ3) is 10.9. The summed E-state index contributed by atoms with van der Waals surface area (Å²) < 4.78 is 0. The number of hydrogen-bond donors (Lipinski definition) is 3. The Kier molecular flexibility index (Phi) is 13.1. The van der Waals surface area contributed by atoms with E-state index in [0.717, 1.165) is 59.1 Å². The van der Waals surface area contributed by atoms with E-state index < -0.39 is 0 Å². The maximum Gasteiger partial charge on any atom is 0.229 e. The van der Waals surface area contributed by atoms with Crippen LogP contribution in [0, 0.1) is 0 Å². The van der Waals surface area contributed by atoms with Crippen LogP contribution in [-0.4, -0.2) is 40.0 Å². The fraction of sp³-hybridized carbons (Fsp3) is 0.650. The van der Waals surface area contributed by atoms with Gasteiger partial charge >= 0.3 is 0 Å². The Bertz CT molecular complexity index is 1180. The van der Waals surface area contributed by atoms with Crippen LogP contribution in [0.2, 0.25) is 0 Å². The largest absolute Gasteiger partial charge is 0.507 e. The standard InChI is InChI=1S/C40H64N2O4/c1-37(2,3)29-23-27(24-30(35(29)45)38(4,5)6)17-19-33(43)42(22-16-14-13-15-21-41)34(44)20-18-28-25-31(39(7,8)9)36(46)32(26-28)40(10,11)12/h23-26,45-46H,13-22,41H2,1-12H3. The molecule has 0 aromatic heterocycles. The highest BCUT2D eigenvalue weighted by Crippen LogP contribution is 2.41. The molecule has 0 bridgehead atoms. The van der Waals surface area contributed by atoms with Gasteiger partial charge in [-0.1, -0.05) is 120 Å². The van der Waals surface area contributed by atoms with E-state index in [1.165, 1.54) is 4.90 Å². The molecule has 0 saturated heterocycles. The molecular weight excluding hydrogens is 572 g/mol. The zero-order valence-corrected chi connectivity index (χ0v) is 31.1. The topological polar surface area (TPSA) is 104 Å². The molecule has 0 aliphatic rings. The highest BCUT2D eigenvalue weighted by molar-refractivity contribution is 5.95. The van der Waals surface area contributed by atoms with Crippen LogP contribution in [0.3, 0.4) is 0 Å². The number of benzene rings is 2. The zero-order valence-electron chi connectivity index (χ0n) is 31.1. The van der Waals surface area contributed by atoms with E-state index in [1.807, 2.05) is 24.3 Å². The number of amides is 2. The van der Waals surface area contributed by atoms with Crippen LogP contribution >= 0.6 is 0 Å². The van der Waals surface area contributed by atoms with Gasteiger partial charge in [-0.25, -0.2) is 0 Å². The Morgan fingerprint density at radius 2 is 0.870 bits per heavy atom. The minimum absolute atomic E-state index is 0.164. The van der Waals surface area contributed by atoms with E-state index >= 15 is 0 Å². The van der Waals surface area contributed by atoms with Crippen molar-refractivity contribution >= 4 is 11.8 Å². The number of aromatic hydroxyl groups is 2. The molecular formula is C40H64N2O4. The lowest BCUT2D eigenvalue weighted by atomic mass is 9.78. The number of phenols is 2. The Morgan fingerprint density at radius 3 is 1.15 bits per heavy atom. The van der Waals surface area contributed by atoms with Gasteiger partial charge in [-0.2, -0.15) is 0 Å². The van der Waals surface area contributed by atoms with Crippen molar-refractivity contribution < 1.29 is 19.8 Å². The van der Waals surface area contributed by atoms with Gasteiger partial charge in [0, 0.05) is 19.4 Å². The van der Waals surface area contributed by atoms with Crippen molar-refractivity contribution in [2.24, 2.45) is 5.73 Å². The molecule has 0 atom stereocenters. The second-order valence-electron chi connectivity index (χ2n) is 17.2. The van der Waals surface area contributed by atoms with Gasteiger partial charge in [0.15, 0.2) is 0 Å². The van der Waals surface area contributed by atoms with E-state index in [2.05, 4.69) is 83.1 Å². The molecule has 6 heteroatoms. The highest BCUT2D eigenvalue weighted by atomic mass is 16.3. The number of aryl methyl sites for hydroxylation is 2. The molecule has 0 heterocycles. The average molecular weight is 637 g/mol. The lowest BCUT2D eigenvalue weighted by Gasteiger charge is -2.28. The molecule has 0 fully saturated rings. The number of nitrogens with two attached hydrogens (primary N) is 1. The Hall–Kier alpha value is -2.86. The van der Waals surface area contributed by atoms with Crippen molar-refractivity contribution in [1.82, 2.24) is 4.90 Å². The first kappa shape index (κ1) is 39.3. The molecule has 46 heavy (non-hydrogen) atoms. The maximum absolute atomic E-state index is 13.7. The van der Waals surface area contributed by atoms with Gasteiger partial charge in [0.2, 0.25) is 11.8 Å². The smallest absolute Gasteiger partial charge is 0.229 e. The summed E-state index contributed by atoms with van der Waals surface area (Å²) in [6.07, 6.45) is 4.99. The molecule has 0 spiro atoms. The molecule has 4 N–H and O–H groups in total. The number of nitrogens with zero attached hydrogens (tertiary/aromatic N) is 1. The normalized spacial score (nSPS) is 12.8. The van der Waals surface area contributed by atoms with Crippen LogP contribution in [-0.2, 0) is 44.1 Å². The minimum atomic E-state index is -0.260. The van der Waals surface area contributed by atoms with Crippen molar-refractivity contribution in [2.75, 3.05) is 13.1 Å². The Morgan fingerprint density at radius 1 is 0.565 bits per heavy atom. The molecule has 258 valence electrons. The van der Waals surface area contributed by atoms with E-state index in [0.29, 0.717) is 37.4 Å². The number of imide groups is 1. The van der Waals surface area contributed by atoms with Crippen LogP contribution in [0.4, 0.5) is 0 Å². The van der Waals surface area contributed by atoms with Crippen molar-refractivity contribution in [3.63, 3.8) is 0 Å². The molecule has 0 radical (unpaired) electrons. The third-order valence-electron chi connectivity index (χ3n) is 8.76. The van der Waals surface area contributed by atoms with E-state index in [4.69, 9.17) is 5.73 Å². The maximum atomic E-state index is 13.7. The average Bonchev–Trinajstić information content (AvgIpc) is 2.90. The summed E-state index contributed by atoms with van der Waals surface area (Å²) in [7, 11) is 0. The summed E-state index contributed by atoms with van der Waals surface area (Å²) in [5.74, 6) is 0.316. The first-order chi connectivity index (χ1) is 21.0. The fourth-order valence-electron chi connectivity index (χ4n) is 5.89. The van der Waals surface area contributed by atoms with Gasteiger partial charge in [0.05, 0.1) is 0 Å². The monoisotopic (exact) mass is 636 g/mol. The Balaban J connectivity index is 2.34. The predicted molar refractivity (Wildman–Crippen MR) is 192 cm³/mol. The minimum Gasteiger partial charge on any atom is -0.507 e.